The van der Waals surface area contributed by atoms with Crippen LogP contribution in [0.25, 0.3) is 0 Å². The van der Waals surface area contributed by atoms with Crippen molar-refractivity contribution in [3.05, 3.63) is 64.7 Å². The second-order valence-electron chi connectivity index (χ2n) is 4.98. The Morgan fingerprint density at radius 1 is 1.05 bits per heavy atom. The third-order valence-electron chi connectivity index (χ3n) is 3.63. The first-order valence-electron chi connectivity index (χ1n) is 6.69. The zero-order chi connectivity index (χ0) is 13.9. The minimum absolute atomic E-state index is 0.146. The summed E-state index contributed by atoms with van der Waals surface area (Å²) in [4.78, 5) is 12.1. The molecule has 2 aromatic rings. The third kappa shape index (κ3) is 2.41. The molecular weight excluding hydrogens is 248 g/mol. The summed E-state index contributed by atoms with van der Waals surface area (Å²) in [5, 5.41) is 11.6. The van der Waals surface area contributed by atoms with Crippen LogP contribution >= 0.6 is 0 Å². The second-order valence-corrected chi connectivity index (χ2v) is 4.98. The van der Waals surface area contributed by atoms with Crippen LogP contribution in [0.2, 0.25) is 0 Å². The van der Waals surface area contributed by atoms with Crippen LogP contribution in [-0.2, 0) is 12.8 Å². The van der Waals surface area contributed by atoms with Crippen molar-refractivity contribution < 1.29 is 4.79 Å². The van der Waals surface area contributed by atoms with Gasteiger partial charge in [0.25, 0.3) is 5.91 Å². The number of anilines is 1. The van der Waals surface area contributed by atoms with E-state index >= 15 is 0 Å². The van der Waals surface area contributed by atoms with E-state index in [0.29, 0.717) is 11.1 Å². The molecule has 2 aromatic carbocycles. The monoisotopic (exact) mass is 262 g/mol. The fourth-order valence-corrected chi connectivity index (χ4v) is 2.55. The Morgan fingerprint density at radius 2 is 1.80 bits per heavy atom. The van der Waals surface area contributed by atoms with Gasteiger partial charge >= 0.3 is 0 Å². The van der Waals surface area contributed by atoms with Crippen molar-refractivity contribution in [2.75, 3.05) is 5.32 Å². The number of nitrogens with zero attached hydrogens (tertiary/aromatic N) is 1. The topological polar surface area (TPSA) is 52.9 Å². The molecule has 0 saturated heterocycles. The van der Waals surface area contributed by atoms with Gasteiger partial charge in [0, 0.05) is 11.3 Å². The number of carbonyl (C=O) groups is 1. The van der Waals surface area contributed by atoms with Gasteiger partial charge in [-0.25, -0.2) is 0 Å². The molecule has 3 rings (SSSR count). The standard InChI is InChI=1S/C17H14N2O/c18-11-12-4-6-14(7-5-12)17(20)19-16-9-8-13-2-1-3-15(13)10-16/h4-10H,1-3H2,(H,19,20). The lowest BCUT2D eigenvalue weighted by Gasteiger charge is -2.07. The van der Waals surface area contributed by atoms with Crippen molar-refractivity contribution in [1.29, 1.82) is 5.26 Å². The highest BCUT2D eigenvalue weighted by molar-refractivity contribution is 6.04. The van der Waals surface area contributed by atoms with Gasteiger partial charge in [-0.3, -0.25) is 4.79 Å². The van der Waals surface area contributed by atoms with E-state index in [1.54, 1.807) is 24.3 Å². The number of nitrogens with one attached hydrogen (secondary N) is 1. The minimum Gasteiger partial charge on any atom is -0.322 e. The lowest BCUT2D eigenvalue weighted by molar-refractivity contribution is 0.102. The summed E-state index contributed by atoms with van der Waals surface area (Å²) >= 11 is 0. The van der Waals surface area contributed by atoms with Crippen LogP contribution in [0.1, 0.15) is 33.5 Å². The Bertz CT molecular complexity index is 696. The number of fused-ring (bicyclic) bond motifs is 1. The fourth-order valence-electron chi connectivity index (χ4n) is 2.55. The minimum atomic E-state index is -0.146. The van der Waals surface area contributed by atoms with Gasteiger partial charge in [-0.2, -0.15) is 5.26 Å². The molecule has 0 radical (unpaired) electrons. The Balaban J connectivity index is 1.77. The summed E-state index contributed by atoms with van der Waals surface area (Å²) in [5.74, 6) is -0.146. The van der Waals surface area contributed by atoms with Crippen LogP contribution in [-0.4, -0.2) is 5.91 Å². The van der Waals surface area contributed by atoms with Crippen LogP contribution in [0.4, 0.5) is 5.69 Å². The maximum atomic E-state index is 12.1. The van der Waals surface area contributed by atoms with E-state index in [4.69, 9.17) is 5.26 Å². The average Bonchev–Trinajstić information content (AvgIpc) is 2.95. The molecule has 0 aromatic heterocycles. The second kappa shape index (κ2) is 5.18. The van der Waals surface area contributed by atoms with Crippen molar-refractivity contribution >= 4 is 11.6 Å². The van der Waals surface area contributed by atoms with E-state index < -0.39 is 0 Å². The number of aryl methyl sites for hydroxylation is 2. The van der Waals surface area contributed by atoms with Crippen LogP contribution in [0.15, 0.2) is 42.5 Å². The van der Waals surface area contributed by atoms with E-state index in [1.807, 2.05) is 12.1 Å². The van der Waals surface area contributed by atoms with E-state index in [1.165, 1.54) is 17.5 Å². The fraction of sp³-hybridized carbons (Fsp3) is 0.176. The van der Waals surface area contributed by atoms with Gasteiger partial charge in [-0.1, -0.05) is 6.07 Å². The summed E-state index contributed by atoms with van der Waals surface area (Å²) in [7, 11) is 0. The third-order valence-corrected chi connectivity index (χ3v) is 3.63. The van der Waals surface area contributed by atoms with E-state index in [2.05, 4.69) is 17.4 Å². The highest BCUT2D eigenvalue weighted by Gasteiger charge is 2.12. The average molecular weight is 262 g/mol. The number of carbonyl (C=O) groups excluding carboxylic acids is 1. The molecule has 3 heteroatoms. The van der Waals surface area contributed by atoms with Crippen molar-refractivity contribution in [2.24, 2.45) is 0 Å². The number of hydrogen-bond acceptors (Lipinski definition) is 2. The molecule has 1 N–H and O–H groups in total. The quantitative estimate of drug-likeness (QED) is 0.902. The lowest BCUT2D eigenvalue weighted by Crippen LogP contribution is -2.12. The zero-order valence-corrected chi connectivity index (χ0v) is 11.0. The Morgan fingerprint density at radius 3 is 2.55 bits per heavy atom. The zero-order valence-electron chi connectivity index (χ0n) is 11.0. The number of benzene rings is 2. The first-order chi connectivity index (χ1) is 9.76. The molecule has 1 aliphatic rings. The van der Waals surface area contributed by atoms with E-state index in [0.717, 1.165) is 18.5 Å². The summed E-state index contributed by atoms with van der Waals surface area (Å²) in [6, 6.07) is 14.8. The van der Waals surface area contributed by atoms with Gasteiger partial charge in [-0.05, 0) is 66.8 Å². The lowest BCUT2D eigenvalue weighted by atomic mass is 10.1. The molecule has 0 unspecified atom stereocenters. The first kappa shape index (κ1) is 12.4. The van der Waals surface area contributed by atoms with Gasteiger partial charge in [0.1, 0.15) is 0 Å². The highest BCUT2D eigenvalue weighted by Crippen LogP contribution is 2.25. The molecule has 1 aliphatic carbocycles. The number of amides is 1. The van der Waals surface area contributed by atoms with Crippen LogP contribution in [0.5, 0.6) is 0 Å². The molecule has 0 atom stereocenters. The highest BCUT2D eigenvalue weighted by atomic mass is 16.1. The normalized spacial score (nSPS) is 12.6. The molecule has 0 fully saturated rings. The molecule has 0 heterocycles. The molecule has 20 heavy (non-hydrogen) atoms. The first-order valence-corrected chi connectivity index (χ1v) is 6.69. The maximum Gasteiger partial charge on any atom is 0.255 e. The van der Waals surface area contributed by atoms with Crippen LogP contribution in [0, 0.1) is 11.3 Å². The molecule has 1 amide bonds. The molecular formula is C17H14N2O. The van der Waals surface area contributed by atoms with Gasteiger partial charge in [0.15, 0.2) is 0 Å². The van der Waals surface area contributed by atoms with Gasteiger partial charge in [-0.15, -0.1) is 0 Å². The van der Waals surface area contributed by atoms with E-state index in [9.17, 15) is 4.79 Å². The molecule has 0 saturated carbocycles. The van der Waals surface area contributed by atoms with Crippen LogP contribution in [0.3, 0.4) is 0 Å². The smallest absolute Gasteiger partial charge is 0.255 e. The van der Waals surface area contributed by atoms with Gasteiger partial charge < -0.3 is 5.32 Å². The Hall–Kier alpha value is -2.60. The molecule has 0 aliphatic heterocycles. The summed E-state index contributed by atoms with van der Waals surface area (Å²) in [6.45, 7) is 0. The van der Waals surface area contributed by atoms with Gasteiger partial charge in [0.2, 0.25) is 0 Å². The number of nitriles is 1. The molecule has 98 valence electrons. The summed E-state index contributed by atoms with van der Waals surface area (Å²) in [5.41, 5.74) is 4.67. The SMILES string of the molecule is N#Cc1ccc(C(=O)Nc2ccc3c(c2)CCC3)cc1. The van der Waals surface area contributed by atoms with E-state index in [-0.39, 0.29) is 5.91 Å². The summed E-state index contributed by atoms with van der Waals surface area (Å²) < 4.78 is 0. The van der Waals surface area contributed by atoms with Gasteiger partial charge in [0.05, 0.1) is 11.6 Å². The Labute approximate surface area is 117 Å². The molecule has 3 nitrogen and oxygen atoms in total. The largest absolute Gasteiger partial charge is 0.322 e. The van der Waals surface area contributed by atoms with Crippen molar-refractivity contribution in [2.45, 2.75) is 19.3 Å². The predicted molar refractivity (Wildman–Crippen MR) is 77.6 cm³/mol. The summed E-state index contributed by atoms with van der Waals surface area (Å²) in [6.07, 6.45) is 3.43. The van der Waals surface area contributed by atoms with Crippen LogP contribution < -0.4 is 5.32 Å². The van der Waals surface area contributed by atoms with Crippen molar-refractivity contribution in [1.82, 2.24) is 0 Å². The predicted octanol–water partition coefficient (Wildman–Crippen LogP) is 3.30. The van der Waals surface area contributed by atoms with Crippen molar-refractivity contribution in [3.63, 3.8) is 0 Å². The van der Waals surface area contributed by atoms with Crippen molar-refractivity contribution in [3.8, 4) is 6.07 Å². The maximum absolute atomic E-state index is 12.1. The number of hydrogen-bond donors (Lipinski definition) is 1. The number of rotatable bonds is 2. The molecule has 0 spiro atoms. The molecule has 0 bridgehead atoms. The Kier molecular flexibility index (Phi) is 3.22.